The fraction of sp³-hybridized carbons (Fsp3) is 0.462. The first-order valence-corrected chi connectivity index (χ1v) is 13.9. The zero-order valence-corrected chi connectivity index (χ0v) is 22.7. The van der Waals surface area contributed by atoms with Crippen molar-refractivity contribution in [1.29, 1.82) is 0 Å². The van der Waals surface area contributed by atoms with Crippen molar-refractivity contribution < 1.29 is 18.0 Å². The Morgan fingerprint density at radius 3 is 2.59 bits per heavy atom. The first kappa shape index (κ1) is 24.8. The summed E-state index contributed by atoms with van der Waals surface area (Å²) in [5, 5.41) is 8.24. The van der Waals surface area contributed by atoms with Gasteiger partial charge in [0.2, 0.25) is 11.8 Å². The molecule has 5 heterocycles. The third-order valence-electron chi connectivity index (χ3n) is 8.41. The number of hydrogen-bond donors (Lipinski definition) is 0. The standard InChI is InChI=1S/C26H24ClF2N7O2S/c1-24(2)7-16(24)22(37)36-10-25(11-36)9-35(20-18-19(30-12-31-20)32-13-39-18)8-17(25)21-33-34-23(38-21)26(28,29)14-3-5-15(27)6-4-14/h3-6,12-13,16-17H,7-11H2,1-2H3/t16-,17?/m1/s1. The van der Waals surface area contributed by atoms with Crippen LogP contribution in [0.15, 0.2) is 40.5 Å². The van der Waals surface area contributed by atoms with Crippen LogP contribution in [-0.4, -0.2) is 62.1 Å². The van der Waals surface area contributed by atoms with Gasteiger partial charge in [0.05, 0.1) is 11.4 Å². The normalized spacial score (nSPS) is 23.4. The number of benzene rings is 1. The van der Waals surface area contributed by atoms with Gasteiger partial charge in [-0.25, -0.2) is 15.0 Å². The van der Waals surface area contributed by atoms with E-state index in [2.05, 4.69) is 43.9 Å². The summed E-state index contributed by atoms with van der Waals surface area (Å²) < 4.78 is 37.2. The van der Waals surface area contributed by atoms with Gasteiger partial charge in [0, 0.05) is 48.1 Å². The predicted octanol–water partition coefficient (Wildman–Crippen LogP) is 4.74. The van der Waals surface area contributed by atoms with Gasteiger partial charge in [0.1, 0.15) is 11.0 Å². The Morgan fingerprint density at radius 2 is 1.87 bits per heavy atom. The number of likely N-dealkylation sites (tertiary alicyclic amines) is 1. The number of aromatic nitrogens is 5. The maximum Gasteiger partial charge on any atom is 0.349 e. The molecule has 0 radical (unpaired) electrons. The van der Waals surface area contributed by atoms with Crippen molar-refractivity contribution in [1.82, 2.24) is 30.0 Å². The van der Waals surface area contributed by atoms with Crippen LogP contribution >= 0.6 is 22.9 Å². The lowest BCUT2D eigenvalue weighted by molar-refractivity contribution is -0.145. The second kappa shape index (κ2) is 8.37. The summed E-state index contributed by atoms with van der Waals surface area (Å²) in [7, 11) is 0. The van der Waals surface area contributed by atoms with E-state index >= 15 is 8.78 Å². The number of hydrogen-bond acceptors (Lipinski definition) is 9. The summed E-state index contributed by atoms with van der Waals surface area (Å²) in [6.45, 7) is 6.16. The highest BCUT2D eigenvalue weighted by molar-refractivity contribution is 7.17. The molecule has 1 amide bonds. The lowest BCUT2D eigenvalue weighted by atomic mass is 9.71. The number of nitrogens with zero attached hydrogens (tertiary/aromatic N) is 7. The number of anilines is 1. The SMILES string of the molecule is CC1(C)C[C@@H]1C(=O)N1CC2(C1)CN(c1ncnc3ncsc13)CC2c1nnc(C(F)(F)c2ccc(Cl)cc2)o1. The third-order valence-corrected chi connectivity index (χ3v) is 9.47. The molecule has 3 fully saturated rings. The average molecular weight is 572 g/mol. The molecule has 202 valence electrons. The summed E-state index contributed by atoms with van der Waals surface area (Å²) in [5.74, 6) is -3.59. The van der Waals surface area contributed by atoms with Gasteiger partial charge in [-0.3, -0.25) is 4.79 Å². The van der Waals surface area contributed by atoms with Gasteiger partial charge in [-0.15, -0.1) is 21.5 Å². The van der Waals surface area contributed by atoms with E-state index in [0.29, 0.717) is 36.8 Å². The first-order valence-electron chi connectivity index (χ1n) is 12.6. The van der Waals surface area contributed by atoms with Crippen LogP contribution in [0.2, 0.25) is 5.02 Å². The van der Waals surface area contributed by atoms with Crippen molar-refractivity contribution in [2.24, 2.45) is 16.7 Å². The van der Waals surface area contributed by atoms with Crippen LogP contribution in [0, 0.1) is 16.7 Å². The minimum absolute atomic E-state index is 0.0221. The molecule has 13 heteroatoms. The zero-order chi connectivity index (χ0) is 27.2. The van der Waals surface area contributed by atoms with E-state index in [0.717, 1.165) is 16.9 Å². The molecule has 7 rings (SSSR count). The largest absolute Gasteiger partial charge is 0.419 e. The summed E-state index contributed by atoms with van der Waals surface area (Å²) >= 11 is 7.32. The highest BCUT2D eigenvalue weighted by Gasteiger charge is 2.61. The second-order valence-electron chi connectivity index (χ2n) is 11.5. The Bertz CT molecular complexity index is 1580. The van der Waals surface area contributed by atoms with Crippen LogP contribution in [-0.2, 0) is 10.7 Å². The molecule has 3 aliphatic rings. The van der Waals surface area contributed by atoms with E-state index in [1.165, 1.54) is 41.9 Å². The van der Waals surface area contributed by atoms with Gasteiger partial charge >= 0.3 is 5.92 Å². The van der Waals surface area contributed by atoms with E-state index in [4.69, 9.17) is 16.0 Å². The minimum Gasteiger partial charge on any atom is -0.419 e. The number of rotatable bonds is 5. The van der Waals surface area contributed by atoms with E-state index in [1.807, 2.05) is 4.90 Å². The van der Waals surface area contributed by atoms with E-state index in [9.17, 15) is 4.79 Å². The number of halogens is 3. The van der Waals surface area contributed by atoms with Crippen molar-refractivity contribution in [3.8, 4) is 0 Å². The number of amides is 1. The number of fused-ring (bicyclic) bond motifs is 1. The van der Waals surface area contributed by atoms with Crippen molar-refractivity contribution in [2.45, 2.75) is 32.1 Å². The molecule has 2 saturated heterocycles. The molecular formula is C26H24ClF2N7O2S. The molecule has 2 aliphatic heterocycles. The van der Waals surface area contributed by atoms with Crippen molar-refractivity contribution in [2.75, 3.05) is 31.1 Å². The third kappa shape index (κ3) is 3.90. The summed E-state index contributed by atoms with van der Waals surface area (Å²) in [6, 6.07) is 5.29. The summed E-state index contributed by atoms with van der Waals surface area (Å²) in [4.78, 5) is 30.1. The van der Waals surface area contributed by atoms with Crippen molar-refractivity contribution >= 4 is 45.0 Å². The van der Waals surface area contributed by atoms with Gasteiger partial charge in [0.25, 0.3) is 5.89 Å². The monoisotopic (exact) mass is 571 g/mol. The molecule has 39 heavy (non-hydrogen) atoms. The molecule has 9 nitrogen and oxygen atoms in total. The van der Waals surface area contributed by atoms with Crippen LogP contribution in [0.5, 0.6) is 0 Å². The maximum absolute atomic E-state index is 15.3. The lowest BCUT2D eigenvalue weighted by Crippen LogP contribution is -2.62. The van der Waals surface area contributed by atoms with E-state index in [-0.39, 0.29) is 34.6 Å². The zero-order valence-electron chi connectivity index (χ0n) is 21.1. The molecule has 1 saturated carbocycles. The number of carbonyl (C=O) groups is 1. The molecule has 2 atom stereocenters. The molecule has 1 aliphatic carbocycles. The van der Waals surface area contributed by atoms with E-state index < -0.39 is 17.2 Å². The topological polar surface area (TPSA) is 101 Å². The molecule has 4 aromatic rings. The molecule has 1 aromatic carbocycles. The number of carbonyl (C=O) groups excluding carboxylic acids is 1. The average Bonchev–Trinajstić information content (AvgIpc) is 3.38. The summed E-state index contributed by atoms with van der Waals surface area (Å²) in [6.07, 6.45) is 2.35. The van der Waals surface area contributed by atoms with Crippen LogP contribution in [0.25, 0.3) is 10.3 Å². The first-order chi connectivity index (χ1) is 18.6. The van der Waals surface area contributed by atoms with Crippen molar-refractivity contribution in [3.63, 3.8) is 0 Å². The van der Waals surface area contributed by atoms with Gasteiger partial charge in [-0.2, -0.15) is 8.78 Å². The van der Waals surface area contributed by atoms with Gasteiger partial charge in [-0.05, 0) is 24.0 Å². The van der Waals surface area contributed by atoms with Crippen LogP contribution < -0.4 is 4.90 Å². The Morgan fingerprint density at radius 1 is 1.13 bits per heavy atom. The highest BCUT2D eigenvalue weighted by Crippen LogP contribution is 2.56. The van der Waals surface area contributed by atoms with Gasteiger partial charge in [0.15, 0.2) is 11.5 Å². The Balaban J connectivity index is 1.21. The quantitative estimate of drug-likeness (QED) is 0.338. The van der Waals surface area contributed by atoms with Crippen LogP contribution in [0.4, 0.5) is 14.6 Å². The lowest BCUT2D eigenvalue weighted by Gasteiger charge is -2.50. The summed E-state index contributed by atoms with van der Waals surface area (Å²) in [5.41, 5.74) is 1.62. The Hall–Kier alpha value is -3.25. The maximum atomic E-state index is 15.3. The number of thiazole rings is 1. The molecule has 0 N–H and O–H groups in total. The number of alkyl halides is 2. The van der Waals surface area contributed by atoms with Crippen molar-refractivity contribution in [3.05, 3.63) is 58.5 Å². The van der Waals surface area contributed by atoms with Gasteiger partial charge in [-0.1, -0.05) is 37.6 Å². The second-order valence-corrected chi connectivity index (χ2v) is 12.8. The predicted molar refractivity (Wildman–Crippen MR) is 140 cm³/mol. The fourth-order valence-corrected chi connectivity index (χ4v) is 6.84. The molecular weight excluding hydrogens is 548 g/mol. The highest BCUT2D eigenvalue weighted by atomic mass is 35.5. The molecule has 0 bridgehead atoms. The van der Waals surface area contributed by atoms with E-state index in [1.54, 1.807) is 5.51 Å². The Kier molecular flexibility index (Phi) is 5.32. The molecule has 3 aromatic heterocycles. The fourth-order valence-electron chi connectivity index (χ4n) is 5.96. The molecule has 1 spiro atoms. The minimum atomic E-state index is -3.48. The smallest absolute Gasteiger partial charge is 0.349 e. The molecule has 1 unspecified atom stereocenters. The Labute approximate surface area is 231 Å². The van der Waals surface area contributed by atoms with Crippen LogP contribution in [0.1, 0.15) is 43.5 Å². The van der Waals surface area contributed by atoms with Crippen LogP contribution in [0.3, 0.4) is 0 Å². The van der Waals surface area contributed by atoms with Gasteiger partial charge < -0.3 is 14.2 Å².